The molecular weight excluding hydrogens is 346 g/mol. The summed E-state index contributed by atoms with van der Waals surface area (Å²) in [5.74, 6) is 1.00. The standard InChI is InChI=1S/C17H20BrNOS/c1-3-7-19-14-10-16(17-11(2)6-8-21-17)20-15-9-12(18)4-5-13(14)15/h4-6,8-9,14,16,19H,3,7,10H2,1-2H3. The topological polar surface area (TPSA) is 21.3 Å². The molecule has 0 amide bonds. The van der Waals surface area contributed by atoms with Crippen molar-refractivity contribution in [1.29, 1.82) is 0 Å². The van der Waals surface area contributed by atoms with Gasteiger partial charge in [0, 0.05) is 27.4 Å². The van der Waals surface area contributed by atoms with Crippen molar-refractivity contribution in [1.82, 2.24) is 5.32 Å². The highest BCUT2D eigenvalue weighted by Crippen LogP contribution is 2.43. The Bertz CT molecular complexity index is 625. The largest absolute Gasteiger partial charge is 0.484 e. The van der Waals surface area contributed by atoms with E-state index in [1.54, 1.807) is 11.3 Å². The number of thiophene rings is 1. The van der Waals surface area contributed by atoms with Crippen LogP contribution in [0.25, 0.3) is 0 Å². The molecule has 2 aromatic rings. The summed E-state index contributed by atoms with van der Waals surface area (Å²) < 4.78 is 7.36. The lowest BCUT2D eigenvalue weighted by Gasteiger charge is -2.33. The molecule has 1 aromatic carbocycles. The van der Waals surface area contributed by atoms with E-state index in [0.717, 1.165) is 29.6 Å². The van der Waals surface area contributed by atoms with Gasteiger partial charge in [0.15, 0.2) is 0 Å². The van der Waals surface area contributed by atoms with E-state index in [2.05, 4.69) is 64.7 Å². The molecule has 2 unspecified atom stereocenters. The van der Waals surface area contributed by atoms with E-state index >= 15 is 0 Å². The summed E-state index contributed by atoms with van der Waals surface area (Å²) in [6.07, 6.45) is 2.29. The molecule has 0 radical (unpaired) electrons. The first-order chi connectivity index (χ1) is 10.2. The van der Waals surface area contributed by atoms with Crippen LogP contribution in [0.4, 0.5) is 0 Å². The van der Waals surface area contributed by atoms with Crippen molar-refractivity contribution >= 4 is 27.3 Å². The highest BCUT2D eigenvalue weighted by Gasteiger charge is 2.30. The molecule has 0 spiro atoms. The van der Waals surface area contributed by atoms with Crippen LogP contribution < -0.4 is 10.1 Å². The molecule has 1 aromatic heterocycles. The number of hydrogen-bond donors (Lipinski definition) is 1. The van der Waals surface area contributed by atoms with E-state index in [-0.39, 0.29) is 6.10 Å². The van der Waals surface area contributed by atoms with Crippen LogP contribution in [0.5, 0.6) is 5.75 Å². The van der Waals surface area contributed by atoms with E-state index in [9.17, 15) is 0 Å². The third-order valence-electron chi connectivity index (χ3n) is 3.90. The molecule has 0 saturated heterocycles. The monoisotopic (exact) mass is 365 g/mol. The Morgan fingerprint density at radius 3 is 2.95 bits per heavy atom. The van der Waals surface area contributed by atoms with Gasteiger partial charge in [-0.15, -0.1) is 11.3 Å². The normalized spacial score (nSPS) is 20.9. The summed E-state index contributed by atoms with van der Waals surface area (Å²) in [5.41, 5.74) is 2.61. The SMILES string of the molecule is CCCNC1CC(c2sccc2C)Oc2cc(Br)ccc21. The highest BCUT2D eigenvalue weighted by molar-refractivity contribution is 9.10. The van der Waals surface area contributed by atoms with Crippen molar-refractivity contribution in [2.75, 3.05) is 6.54 Å². The maximum absolute atomic E-state index is 6.29. The number of ether oxygens (including phenoxy) is 1. The van der Waals surface area contributed by atoms with Crippen LogP contribution in [0.3, 0.4) is 0 Å². The summed E-state index contributed by atoms with van der Waals surface area (Å²) in [4.78, 5) is 1.35. The van der Waals surface area contributed by atoms with Crippen LogP contribution in [-0.4, -0.2) is 6.54 Å². The first-order valence-corrected chi connectivity index (χ1v) is 9.09. The Kier molecular flexibility index (Phi) is 4.67. The molecule has 1 aliphatic rings. The van der Waals surface area contributed by atoms with Gasteiger partial charge in [0.05, 0.1) is 0 Å². The van der Waals surface area contributed by atoms with Gasteiger partial charge in [-0.2, -0.15) is 0 Å². The van der Waals surface area contributed by atoms with Crippen LogP contribution in [0.1, 0.15) is 47.9 Å². The van der Waals surface area contributed by atoms with Crippen molar-refractivity contribution in [3.63, 3.8) is 0 Å². The quantitative estimate of drug-likeness (QED) is 0.784. The zero-order valence-electron chi connectivity index (χ0n) is 12.4. The molecule has 1 aliphatic heterocycles. The predicted octanol–water partition coefficient (Wildman–Crippen LogP) is 5.38. The number of benzene rings is 1. The first kappa shape index (κ1) is 15.1. The van der Waals surface area contributed by atoms with Gasteiger partial charge in [0.25, 0.3) is 0 Å². The van der Waals surface area contributed by atoms with E-state index < -0.39 is 0 Å². The number of rotatable bonds is 4. The minimum Gasteiger partial charge on any atom is -0.484 e. The third kappa shape index (κ3) is 3.17. The molecule has 2 atom stereocenters. The zero-order valence-corrected chi connectivity index (χ0v) is 14.8. The Labute approximate surface area is 138 Å². The average molecular weight is 366 g/mol. The Hall–Kier alpha value is -0.840. The molecule has 0 fully saturated rings. The van der Waals surface area contributed by atoms with Gasteiger partial charge >= 0.3 is 0 Å². The van der Waals surface area contributed by atoms with Gasteiger partial charge in [-0.05, 0) is 49.0 Å². The average Bonchev–Trinajstić information content (AvgIpc) is 2.90. The van der Waals surface area contributed by atoms with Crippen LogP contribution in [-0.2, 0) is 0 Å². The van der Waals surface area contributed by atoms with Crippen LogP contribution in [0.2, 0.25) is 0 Å². The summed E-state index contributed by atoms with van der Waals surface area (Å²) >= 11 is 5.34. The minimum atomic E-state index is 0.154. The fraction of sp³-hybridized carbons (Fsp3) is 0.412. The fourth-order valence-electron chi connectivity index (χ4n) is 2.83. The molecule has 112 valence electrons. The molecule has 0 saturated carbocycles. The molecule has 0 bridgehead atoms. The smallest absolute Gasteiger partial charge is 0.135 e. The second kappa shape index (κ2) is 6.51. The molecule has 1 N–H and O–H groups in total. The van der Waals surface area contributed by atoms with Crippen LogP contribution >= 0.6 is 27.3 Å². The van der Waals surface area contributed by atoms with Crippen molar-refractivity contribution in [3.8, 4) is 5.75 Å². The summed E-state index contributed by atoms with van der Waals surface area (Å²) in [6.45, 7) is 5.41. The van der Waals surface area contributed by atoms with E-state index in [1.807, 2.05) is 0 Å². The Balaban J connectivity index is 1.93. The number of fused-ring (bicyclic) bond motifs is 1. The van der Waals surface area contributed by atoms with E-state index in [1.165, 1.54) is 16.0 Å². The van der Waals surface area contributed by atoms with Crippen molar-refractivity contribution in [2.45, 2.75) is 38.8 Å². The molecule has 0 aliphatic carbocycles. The molecule has 3 rings (SSSR count). The Morgan fingerprint density at radius 2 is 2.24 bits per heavy atom. The zero-order chi connectivity index (χ0) is 14.8. The second-order valence-electron chi connectivity index (χ2n) is 5.50. The lowest BCUT2D eigenvalue weighted by Crippen LogP contribution is -2.29. The summed E-state index contributed by atoms with van der Waals surface area (Å²) in [6, 6.07) is 8.90. The van der Waals surface area contributed by atoms with Gasteiger partial charge in [-0.1, -0.05) is 28.9 Å². The van der Waals surface area contributed by atoms with Gasteiger partial charge in [0.2, 0.25) is 0 Å². The third-order valence-corrected chi connectivity index (χ3v) is 5.51. The van der Waals surface area contributed by atoms with Crippen molar-refractivity contribution in [2.24, 2.45) is 0 Å². The second-order valence-corrected chi connectivity index (χ2v) is 7.36. The molecule has 4 heteroatoms. The Morgan fingerprint density at radius 1 is 1.38 bits per heavy atom. The predicted molar refractivity (Wildman–Crippen MR) is 92.2 cm³/mol. The van der Waals surface area contributed by atoms with Gasteiger partial charge in [-0.3, -0.25) is 0 Å². The summed E-state index contributed by atoms with van der Waals surface area (Å²) in [7, 11) is 0. The highest BCUT2D eigenvalue weighted by atomic mass is 79.9. The molecule has 2 nitrogen and oxygen atoms in total. The number of hydrogen-bond acceptors (Lipinski definition) is 3. The number of aryl methyl sites for hydroxylation is 1. The van der Waals surface area contributed by atoms with Crippen molar-refractivity contribution in [3.05, 3.63) is 50.1 Å². The fourth-order valence-corrected chi connectivity index (χ4v) is 4.14. The van der Waals surface area contributed by atoms with Crippen LogP contribution in [0.15, 0.2) is 34.1 Å². The summed E-state index contributed by atoms with van der Waals surface area (Å²) in [5, 5.41) is 5.82. The van der Waals surface area contributed by atoms with E-state index in [4.69, 9.17) is 4.74 Å². The molecular formula is C17H20BrNOS. The first-order valence-electron chi connectivity index (χ1n) is 7.42. The number of halogens is 1. The van der Waals surface area contributed by atoms with Crippen LogP contribution in [0, 0.1) is 6.92 Å². The molecule has 2 heterocycles. The molecule has 21 heavy (non-hydrogen) atoms. The number of nitrogens with one attached hydrogen (secondary N) is 1. The maximum atomic E-state index is 6.29. The van der Waals surface area contributed by atoms with Crippen molar-refractivity contribution < 1.29 is 4.74 Å². The maximum Gasteiger partial charge on any atom is 0.135 e. The minimum absolute atomic E-state index is 0.154. The van der Waals surface area contributed by atoms with Gasteiger partial charge in [-0.25, -0.2) is 0 Å². The lowest BCUT2D eigenvalue weighted by atomic mass is 9.95. The lowest BCUT2D eigenvalue weighted by molar-refractivity contribution is 0.154. The van der Waals surface area contributed by atoms with E-state index in [0.29, 0.717) is 6.04 Å². The van der Waals surface area contributed by atoms with Gasteiger partial charge in [0.1, 0.15) is 11.9 Å². The van der Waals surface area contributed by atoms with Gasteiger partial charge < -0.3 is 10.1 Å².